The van der Waals surface area contributed by atoms with Crippen LogP contribution in [0.5, 0.6) is 0 Å². The van der Waals surface area contributed by atoms with E-state index in [-0.39, 0.29) is 23.7 Å². The third kappa shape index (κ3) is 4.32. The monoisotopic (exact) mass is 316 g/mol. The number of nitrogens with one attached hydrogen (secondary N) is 2. The minimum atomic E-state index is -0.995. The standard InChI is InChI=1S/C16H20N4O3/c1-16(2,3)20-13(7-8-18-20)19-15(23)17-10-11-5-4-6-12(9-11)14(21)22/h4-9H,10H2,1-3H3,(H,21,22)(H2,17,19,23). The van der Waals surface area contributed by atoms with Crippen molar-refractivity contribution in [3.63, 3.8) is 0 Å². The first-order valence-corrected chi connectivity index (χ1v) is 7.19. The highest BCUT2D eigenvalue weighted by atomic mass is 16.4. The van der Waals surface area contributed by atoms with E-state index in [9.17, 15) is 9.59 Å². The maximum Gasteiger partial charge on any atom is 0.335 e. The second-order valence-corrected chi connectivity index (χ2v) is 6.11. The zero-order chi connectivity index (χ0) is 17.0. The minimum Gasteiger partial charge on any atom is -0.478 e. The molecule has 2 aromatic rings. The summed E-state index contributed by atoms with van der Waals surface area (Å²) in [5.74, 6) is -0.403. The van der Waals surface area contributed by atoms with Crippen molar-refractivity contribution >= 4 is 17.8 Å². The zero-order valence-corrected chi connectivity index (χ0v) is 13.3. The first kappa shape index (κ1) is 16.5. The molecule has 2 amide bonds. The molecule has 122 valence electrons. The lowest BCUT2D eigenvalue weighted by atomic mass is 10.1. The molecule has 1 heterocycles. The predicted octanol–water partition coefficient (Wildman–Crippen LogP) is 2.66. The number of hydrogen-bond donors (Lipinski definition) is 3. The number of benzene rings is 1. The SMILES string of the molecule is CC(C)(C)n1nccc1NC(=O)NCc1cccc(C(=O)O)c1. The van der Waals surface area contributed by atoms with E-state index in [0.29, 0.717) is 11.4 Å². The topological polar surface area (TPSA) is 96.3 Å². The molecule has 0 atom stereocenters. The number of urea groups is 1. The summed E-state index contributed by atoms with van der Waals surface area (Å²) in [6.45, 7) is 6.19. The number of hydrogen-bond acceptors (Lipinski definition) is 3. The van der Waals surface area contributed by atoms with Gasteiger partial charge in [-0.05, 0) is 38.5 Å². The maximum absolute atomic E-state index is 12.0. The average Bonchev–Trinajstić information content (AvgIpc) is 2.93. The summed E-state index contributed by atoms with van der Waals surface area (Å²) in [6.07, 6.45) is 1.62. The van der Waals surface area contributed by atoms with Crippen LogP contribution in [0.2, 0.25) is 0 Å². The fraction of sp³-hybridized carbons (Fsp3) is 0.312. The number of carboxylic acids is 1. The lowest BCUT2D eigenvalue weighted by Crippen LogP contribution is -2.32. The van der Waals surface area contributed by atoms with Crippen molar-refractivity contribution in [2.45, 2.75) is 32.9 Å². The lowest BCUT2D eigenvalue weighted by Gasteiger charge is -2.22. The van der Waals surface area contributed by atoms with Gasteiger partial charge >= 0.3 is 12.0 Å². The van der Waals surface area contributed by atoms with Crippen molar-refractivity contribution in [3.05, 3.63) is 47.7 Å². The third-order valence-electron chi connectivity index (χ3n) is 3.15. The molecule has 0 unspecified atom stereocenters. The van der Waals surface area contributed by atoms with Crippen LogP contribution in [0.3, 0.4) is 0 Å². The number of carbonyl (C=O) groups excluding carboxylic acids is 1. The van der Waals surface area contributed by atoms with E-state index in [1.807, 2.05) is 20.8 Å². The predicted molar refractivity (Wildman–Crippen MR) is 86.5 cm³/mol. The van der Waals surface area contributed by atoms with Crippen LogP contribution in [-0.4, -0.2) is 26.9 Å². The van der Waals surface area contributed by atoms with E-state index in [1.54, 1.807) is 29.1 Å². The van der Waals surface area contributed by atoms with E-state index in [1.165, 1.54) is 12.1 Å². The Bertz CT molecular complexity index is 716. The quantitative estimate of drug-likeness (QED) is 0.808. The second-order valence-electron chi connectivity index (χ2n) is 6.11. The molecular weight excluding hydrogens is 296 g/mol. The molecule has 0 radical (unpaired) electrons. The van der Waals surface area contributed by atoms with Gasteiger partial charge in [0.2, 0.25) is 0 Å². The van der Waals surface area contributed by atoms with Crippen LogP contribution in [0.15, 0.2) is 36.5 Å². The average molecular weight is 316 g/mol. The van der Waals surface area contributed by atoms with Gasteiger partial charge in [0.25, 0.3) is 0 Å². The smallest absolute Gasteiger partial charge is 0.335 e. The molecular formula is C16H20N4O3. The van der Waals surface area contributed by atoms with Crippen LogP contribution in [0.1, 0.15) is 36.7 Å². The molecule has 2 rings (SSSR count). The van der Waals surface area contributed by atoms with Crippen LogP contribution in [-0.2, 0) is 12.1 Å². The van der Waals surface area contributed by atoms with E-state index >= 15 is 0 Å². The minimum absolute atomic E-state index is 0.190. The third-order valence-corrected chi connectivity index (χ3v) is 3.15. The van der Waals surface area contributed by atoms with Crippen LogP contribution >= 0.6 is 0 Å². The van der Waals surface area contributed by atoms with Crippen molar-refractivity contribution in [1.29, 1.82) is 0 Å². The number of anilines is 1. The number of aromatic nitrogens is 2. The number of nitrogens with zero attached hydrogens (tertiary/aromatic N) is 2. The molecule has 23 heavy (non-hydrogen) atoms. The highest BCUT2D eigenvalue weighted by Crippen LogP contribution is 2.18. The van der Waals surface area contributed by atoms with Gasteiger partial charge < -0.3 is 10.4 Å². The normalized spacial score (nSPS) is 11.1. The van der Waals surface area contributed by atoms with Crippen molar-refractivity contribution in [2.24, 2.45) is 0 Å². The number of carbonyl (C=O) groups is 2. The summed E-state index contributed by atoms with van der Waals surface area (Å²) in [5, 5.41) is 18.6. The molecule has 0 fully saturated rings. The summed E-state index contributed by atoms with van der Waals surface area (Å²) in [5.41, 5.74) is 0.655. The van der Waals surface area contributed by atoms with Gasteiger partial charge in [0.15, 0.2) is 0 Å². The molecule has 0 bridgehead atoms. The highest BCUT2D eigenvalue weighted by molar-refractivity contribution is 5.89. The molecule has 3 N–H and O–H groups in total. The number of aromatic carboxylic acids is 1. The highest BCUT2D eigenvalue weighted by Gasteiger charge is 2.18. The van der Waals surface area contributed by atoms with E-state index in [0.717, 1.165) is 0 Å². The fourth-order valence-electron chi connectivity index (χ4n) is 2.09. The molecule has 7 nitrogen and oxygen atoms in total. The molecule has 7 heteroatoms. The summed E-state index contributed by atoms with van der Waals surface area (Å²) in [4.78, 5) is 22.9. The summed E-state index contributed by atoms with van der Waals surface area (Å²) in [6, 6.07) is 7.78. The molecule has 0 saturated heterocycles. The van der Waals surface area contributed by atoms with Crippen LogP contribution in [0, 0.1) is 0 Å². The molecule has 1 aromatic carbocycles. The molecule has 0 aliphatic carbocycles. The molecule has 0 saturated carbocycles. The first-order chi connectivity index (χ1) is 10.8. The van der Waals surface area contributed by atoms with Gasteiger partial charge in [-0.1, -0.05) is 12.1 Å². The number of amides is 2. The van der Waals surface area contributed by atoms with Crippen molar-refractivity contribution in [1.82, 2.24) is 15.1 Å². The van der Waals surface area contributed by atoms with Crippen LogP contribution in [0.4, 0.5) is 10.6 Å². The summed E-state index contributed by atoms with van der Waals surface area (Å²) >= 11 is 0. The summed E-state index contributed by atoms with van der Waals surface area (Å²) in [7, 11) is 0. The van der Waals surface area contributed by atoms with Gasteiger partial charge in [0.05, 0.1) is 17.3 Å². The van der Waals surface area contributed by atoms with E-state index in [2.05, 4.69) is 15.7 Å². The Hall–Kier alpha value is -2.83. The molecule has 0 spiro atoms. The Labute approximate surface area is 134 Å². The van der Waals surface area contributed by atoms with Crippen LogP contribution in [0.25, 0.3) is 0 Å². The Morgan fingerprint density at radius 2 is 2.00 bits per heavy atom. The van der Waals surface area contributed by atoms with E-state index in [4.69, 9.17) is 5.11 Å². The number of rotatable bonds is 4. The molecule has 0 aliphatic rings. The van der Waals surface area contributed by atoms with Crippen LogP contribution < -0.4 is 10.6 Å². The second kappa shape index (κ2) is 6.51. The van der Waals surface area contributed by atoms with Gasteiger partial charge in [-0.25, -0.2) is 14.3 Å². The fourth-order valence-corrected chi connectivity index (χ4v) is 2.09. The first-order valence-electron chi connectivity index (χ1n) is 7.19. The maximum atomic E-state index is 12.0. The van der Waals surface area contributed by atoms with Gasteiger partial charge in [-0.2, -0.15) is 5.10 Å². The Morgan fingerprint density at radius 1 is 1.26 bits per heavy atom. The van der Waals surface area contributed by atoms with Crippen molar-refractivity contribution in [2.75, 3.05) is 5.32 Å². The Kier molecular flexibility index (Phi) is 4.68. The summed E-state index contributed by atoms with van der Waals surface area (Å²) < 4.78 is 1.72. The Balaban J connectivity index is 1.97. The van der Waals surface area contributed by atoms with Gasteiger partial charge in [0.1, 0.15) is 5.82 Å². The molecule has 0 aliphatic heterocycles. The van der Waals surface area contributed by atoms with Crippen molar-refractivity contribution < 1.29 is 14.7 Å². The lowest BCUT2D eigenvalue weighted by molar-refractivity contribution is 0.0696. The number of carboxylic acid groups (broad SMARTS) is 1. The van der Waals surface area contributed by atoms with E-state index < -0.39 is 5.97 Å². The Morgan fingerprint density at radius 3 is 2.65 bits per heavy atom. The van der Waals surface area contributed by atoms with Crippen molar-refractivity contribution in [3.8, 4) is 0 Å². The largest absolute Gasteiger partial charge is 0.478 e. The van der Waals surface area contributed by atoms with Gasteiger partial charge in [-0.3, -0.25) is 5.32 Å². The molecule has 1 aromatic heterocycles. The zero-order valence-electron chi connectivity index (χ0n) is 13.3. The van der Waals surface area contributed by atoms with Gasteiger partial charge in [-0.15, -0.1) is 0 Å². The van der Waals surface area contributed by atoms with Gasteiger partial charge in [0, 0.05) is 12.6 Å².